The molecule has 0 aliphatic rings. The van der Waals surface area contributed by atoms with E-state index in [1.807, 2.05) is 54.6 Å². The Kier molecular flexibility index (Phi) is 4.73. The number of hydrogen-bond acceptors (Lipinski definition) is 4. The fourth-order valence-corrected chi connectivity index (χ4v) is 3.93. The number of amides is 1. The smallest absolute Gasteiger partial charge is 0.277 e. The van der Waals surface area contributed by atoms with E-state index in [0.717, 1.165) is 15.5 Å². The van der Waals surface area contributed by atoms with Crippen LogP contribution in [0.3, 0.4) is 0 Å². The van der Waals surface area contributed by atoms with Gasteiger partial charge in [0.25, 0.3) is 5.91 Å². The number of halogens is 1. The van der Waals surface area contributed by atoms with Gasteiger partial charge in [-0.3, -0.25) is 4.79 Å². The second-order valence-electron chi connectivity index (χ2n) is 5.42. The van der Waals surface area contributed by atoms with Gasteiger partial charge in [-0.1, -0.05) is 42.1 Å². The van der Waals surface area contributed by atoms with Crippen molar-refractivity contribution in [3.05, 3.63) is 83.2 Å². The Morgan fingerprint density at radius 2 is 1.81 bits per heavy atom. The van der Waals surface area contributed by atoms with E-state index in [1.165, 1.54) is 0 Å². The number of nitrogens with zero attached hydrogens (tertiary/aromatic N) is 3. The van der Waals surface area contributed by atoms with Gasteiger partial charge in [0.1, 0.15) is 0 Å². The molecule has 0 atom stereocenters. The maximum absolute atomic E-state index is 12.8. The van der Waals surface area contributed by atoms with Crippen LogP contribution in [0.15, 0.2) is 87.3 Å². The fourth-order valence-electron chi connectivity index (χ4n) is 2.46. The molecule has 0 aliphatic heterocycles. The third-order valence-electron chi connectivity index (χ3n) is 3.66. The summed E-state index contributed by atoms with van der Waals surface area (Å²) >= 11 is 5.02. The summed E-state index contributed by atoms with van der Waals surface area (Å²) in [6, 6.07) is 19.5. The van der Waals surface area contributed by atoms with Gasteiger partial charge in [-0.25, -0.2) is 9.50 Å². The van der Waals surface area contributed by atoms with Gasteiger partial charge in [-0.05, 0) is 46.3 Å². The second kappa shape index (κ2) is 7.31. The molecule has 7 heteroatoms. The summed E-state index contributed by atoms with van der Waals surface area (Å²) in [4.78, 5) is 19.1. The highest BCUT2D eigenvalue weighted by Gasteiger charge is 2.19. The molecular formula is C19H13BrN4OS. The van der Waals surface area contributed by atoms with Crippen molar-refractivity contribution in [3.8, 4) is 0 Å². The van der Waals surface area contributed by atoms with E-state index >= 15 is 0 Å². The van der Waals surface area contributed by atoms with E-state index < -0.39 is 0 Å². The molecule has 5 nitrogen and oxygen atoms in total. The molecule has 26 heavy (non-hydrogen) atoms. The molecular weight excluding hydrogens is 412 g/mol. The topological polar surface area (TPSA) is 59.3 Å². The highest BCUT2D eigenvalue weighted by atomic mass is 79.9. The molecule has 0 saturated carbocycles. The van der Waals surface area contributed by atoms with Crippen molar-refractivity contribution in [1.29, 1.82) is 0 Å². The third kappa shape index (κ3) is 3.36. The van der Waals surface area contributed by atoms with E-state index in [1.54, 1.807) is 34.7 Å². The molecule has 2 heterocycles. The molecule has 0 unspecified atom stereocenters. The Morgan fingerprint density at radius 1 is 1.04 bits per heavy atom. The van der Waals surface area contributed by atoms with Gasteiger partial charge in [-0.15, -0.1) is 0 Å². The van der Waals surface area contributed by atoms with Crippen molar-refractivity contribution < 1.29 is 4.79 Å². The van der Waals surface area contributed by atoms with E-state index in [-0.39, 0.29) is 5.91 Å². The monoisotopic (exact) mass is 424 g/mol. The maximum atomic E-state index is 12.8. The Hall–Kier alpha value is -2.64. The van der Waals surface area contributed by atoms with Gasteiger partial charge < -0.3 is 5.32 Å². The lowest BCUT2D eigenvalue weighted by molar-refractivity contribution is 0.102. The first-order chi connectivity index (χ1) is 12.7. The average Bonchev–Trinajstić information content (AvgIpc) is 3.01. The molecule has 1 amide bonds. The number of fused-ring (bicyclic) bond motifs is 1. The van der Waals surface area contributed by atoms with Crippen LogP contribution in [-0.4, -0.2) is 20.5 Å². The molecule has 0 aliphatic carbocycles. The molecule has 2 aromatic heterocycles. The molecule has 0 saturated heterocycles. The summed E-state index contributed by atoms with van der Waals surface area (Å²) < 4.78 is 2.15. The maximum Gasteiger partial charge on any atom is 0.277 e. The summed E-state index contributed by atoms with van der Waals surface area (Å²) in [5.74, 6) is -0.288. The van der Waals surface area contributed by atoms with Crippen LogP contribution < -0.4 is 5.32 Å². The minimum Gasteiger partial charge on any atom is -0.320 e. The molecule has 0 fully saturated rings. The lowest BCUT2D eigenvalue weighted by Gasteiger charge is -2.10. The van der Waals surface area contributed by atoms with Crippen LogP contribution in [0, 0.1) is 0 Å². The quantitative estimate of drug-likeness (QED) is 0.506. The van der Waals surface area contributed by atoms with Crippen molar-refractivity contribution in [2.75, 3.05) is 5.32 Å². The number of nitrogens with one attached hydrogen (secondary N) is 1. The highest BCUT2D eigenvalue weighted by Crippen LogP contribution is 2.33. The molecule has 4 aromatic rings. The Morgan fingerprint density at radius 3 is 2.62 bits per heavy atom. The molecule has 0 radical (unpaired) electrons. The van der Waals surface area contributed by atoms with Gasteiger partial charge >= 0.3 is 0 Å². The van der Waals surface area contributed by atoms with Gasteiger partial charge in [0, 0.05) is 22.2 Å². The molecule has 128 valence electrons. The van der Waals surface area contributed by atoms with Crippen LogP contribution in [0.25, 0.3) is 5.65 Å². The van der Waals surface area contributed by atoms with Crippen molar-refractivity contribution in [1.82, 2.24) is 14.6 Å². The summed E-state index contributed by atoms with van der Waals surface area (Å²) in [7, 11) is 0. The minimum atomic E-state index is -0.288. The van der Waals surface area contributed by atoms with E-state index in [2.05, 4.69) is 31.3 Å². The number of aromatic nitrogens is 3. The number of carbonyl (C=O) groups is 1. The van der Waals surface area contributed by atoms with Gasteiger partial charge in [0.05, 0.1) is 10.2 Å². The van der Waals surface area contributed by atoms with Gasteiger partial charge in [-0.2, -0.15) is 5.10 Å². The fraction of sp³-hybridized carbons (Fsp3) is 0. The number of rotatable bonds is 4. The van der Waals surface area contributed by atoms with Crippen molar-refractivity contribution >= 4 is 44.9 Å². The first-order valence-corrected chi connectivity index (χ1v) is 9.45. The summed E-state index contributed by atoms with van der Waals surface area (Å²) in [5.41, 5.74) is 1.64. The highest BCUT2D eigenvalue weighted by molar-refractivity contribution is 9.10. The number of carbonyl (C=O) groups excluding carboxylic acids is 1. The van der Waals surface area contributed by atoms with Gasteiger partial charge in [0.15, 0.2) is 11.3 Å². The summed E-state index contributed by atoms with van der Waals surface area (Å²) in [6.07, 6.45) is 3.42. The van der Waals surface area contributed by atoms with E-state index in [9.17, 15) is 4.79 Å². The normalized spacial score (nSPS) is 10.8. The summed E-state index contributed by atoms with van der Waals surface area (Å²) in [5, 5.41) is 7.27. The first-order valence-electron chi connectivity index (χ1n) is 7.84. The largest absolute Gasteiger partial charge is 0.320 e. The summed E-state index contributed by atoms with van der Waals surface area (Å²) in [6.45, 7) is 0. The SMILES string of the molecule is O=C(Nc1ccccc1Sc1ccccc1)c1nn2cccnc2c1Br. The standard InChI is InChI=1S/C19H13BrN4OS/c20-16-17(23-24-12-6-11-21-18(16)24)19(25)22-14-9-4-5-10-15(14)26-13-7-2-1-3-8-13/h1-12H,(H,22,25). The Labute approximate surface area is 162 Å². The van der Waals surface area contributed by atoms with E-state index in [4.69, 9.17) is 0 Å². The third-order valence-corrected chi connectivity index (χ3v) is 5.47. The zero-order chi connectivity index (χ0) is 17.9. The van der Waals surface area contributed by atoms with Crippen LogP contribution >= 0.6 is 27.7 Å². The lowest BCUT2D eigenvalue weighted by Crippen LogP contribution is -2.13. The van der Waals surface area contributed by atoms with Crippen LogP contribution in [0.2, 0.25) is 0 Å². The van der Waals surface area contributed by atoms with Crippen molar-refractivity contribution in [3.63, 3.8) is 0 Å². The number of benzene rings is 2. The predicted octanol–water partition coefficient (Wildman–Crippen LogP) is 4.90. The van der Waals surface area contributed by atoms with Crippen LogP contribution in [0.4, 0.5) is 5.69 Å². The molecule has 0 bridgehead atoms. The number of anilines is 1. The number of hydrogen-bond donors (Lipinski definition) is 1. The van der Waals surface area contributed by atoms with Crippen molar-refractivity contribution in [2.24, 2.45) is 0 Å². The van der Waals surface area contributed by atoms with Crippen molar-refractivity contribution in [2.45, 2.75) is 9.79 Å². The van der Waals surface area contributed by atoms with Crippen LogP contribution in [0.5, 0.6) is 0 Å². The average molecular weight is 425 g/mol. The molecule has 4 rings (SSSR count). The lowest BCUT2D eigenvalue weighted by atomic mass is 10.3. The zero-order valence-corrected chi connectivity index (χ0v) is 15.9. The molecule has 0 spiro atoms. The van der Waals surface area contributed by atoms with Crippen LogP contribution in [0.1, 0.15) is 10.5 Å². The van der Waals surface area contributed by atoms with Gasteiger partial charge in [0.2, 0.25) is 0 Å². The molecule has 2 aromatic carbocycles. The van der Waals surface area contributed by atoms with Crippen LogP contribution in [-0.2, 0) is 0 Å². The Bertz CT molecular complexity index is 1080. The minimum absolute atomic E-state index is 0.288. The predicted molar refractivity (Wildman–Crippen MR) is 106 cm³/mol. The number of para-hydroxylation sites is 1. The Balaban J connectivity index is 1.62. The first kappa shape index (κ1) is 16.8. The molecule has 1 N–H and O–H groups in total. The zero-order valence-electron chi connectivity index (χ0n) is 13.5. The van der Waals surface area contributed by atoms with E-state index in [0.29, 0.717) is 15.8 Å². The second-order valence-corrected chi connectivity index (χ2v) is 7.32.